The minimum absolute atomic E-state index is 0.352. The van der Waals surface area contributed by atoms with Crippen LogP contribution >= 0.6 is 23.2 Å². The molecule has 0 spiro atoms. The molecule has 0 aromatic heterocycles. The number of ether oxygens (including phenoxy) is 1. The van der Waals surface area contributed by atoms with E-state index in [0.29, 0.717) is 23.2 Å². The van der Waals surface area contributed by atoms with E-state index in [2.05, 4.69) is 11.8 Å². The van der Waals surface area contributed by atoms with Crippen molar-refractivity contribution in [1.82, 2.24) is 0 Å². The summed E-state index contributed by atoms with van der Waals surface area (Å²) in [6.07, 6.45) is 0. The highest BCUT2D eigenvalue weighted by atomic mass is 35.5. The second-order valence-electron chi connectivity index (χ2n) is 4.49. The number of nitrogens with two attached hydrogens (primary N) is 1. The van der Waals surface area contributed by atoms with Crippen LogP contribution in [0.15, 0.2) is 36.4 Å². The Hall–Kier alpha value is -1.66. The Kier molecular flexibility index (Phi) is 5.52. The van der Waals surface area contributed by atoms with E-state index >= 15 is 0 Å². The van der Waals surface area contributed by atoms with Gasteiger partial charge in [0.1, 0.15) is 12.4 Å². The van der Waals surface area contributed by atoms with Crippen molar-refractivity contribution >= 4 is 23.2 Å². The van der Waals surface area contributed by atoms with Crippen LogP contribution in [-0.2, 0) is 6.61 Å². The molecular weight excluding hydrogens is 305 g/mol. The van der Waals surface area contributed by atoms with Gasteiger partial charge >= 0.3 is 0 Å². The normalized spacial score (nSPS) is 9.90. The first-order valence-electron chi connectivity index (χ1n) is 6.47. The minimum Gasteiger partial charge on any atom is -0.489 e. The number of hydrogen-bond acceptors (Lipinski definition) is 2. The molecule has 0 unspecified atom stereocenters. The zero-order valence-electron chi connectivity index (χ0n) is 11.6. The van der Waals surface area contributed by atoms with Crippen LogP contribution in [0.4, 0.5) is 0 Å². The molecule has 2 rings (SSSR count). The smallest absolute Gasteiger partial charge is 0.122 e. The quantitative estimate of drug-likeness (QED) is 0.861. The molecule has 108 valence electrons. The summed E-state index contributed by atoms with van der Waals surface area (Å²) in [6, 6.07) is 11.3. The van der Waals surface area contributed by atoms with Crippen LogP contribution in [-0.4, -0.2) is 6.54 Å². The molecule has 2 nitrogen and oxygen atoms in total. The van der Waals surface area contributed by atoms with E-state index in [9.17, 15) is 0 Å². The molecule has 21 heavy (non-hydrogen) atoms. The maximum Gasteiger partial charge on any atom is 0.122 e. The third-order valence-corrected chi connectivity index (χ3v) is 3.78. The van der Waals surface area contributed by atoms with Crippen molar-refractivity contribution in [1.29, 1.82) is 0 Å². The monoisotopic (exact) mass is 319 g/mol. The van der Waals surface area contributed by atoms with E-state index in [-0.39, 0.29) is 0 Å². The van der Waals surface area contributed by atoms with Gasteiger partial charge in [-0.05, 0) is 36.8 Å². The van der Waals surface area contributed by atoms with E-state index < -0.39 is 0 Å². The van der Waals surface area contributed by atoms with Crippen LogP contribution < -0.4 is 10.5 Å². The molecule has 2 aromatic rings. The lowest BCUT2D eigenvalue weighted by molar-refractivity contribution is 0.304. The van der Waals surface area contributed by atoms with E-state index in [0.717, 1.165) is 22.4 Å². The van der Waals surface area contributed by atoms with Gasteiger partial charge in [0.25, 0.3) is 0 Å². The van der Waals surface area contributed by atoms with E-state index in [1.54, 1.807) is 6.07 Å². The standard InChI is InChI=1S/C17H15Cl2NO/c1-12-10-13(4-3-9-20)7-8-16(12)21-11-14-5-2-6-15(18)17(14)19/h2,5-8,10H,9,11,20H2,1H3. The van der Waals surface area contributed by atoms with Gasteiger partial charge in [-0.15, -0.1) is 0 Å². The second-order valence-corrected chi connectivity index (χ2v) is 5.27. The van der Waals surface area contributed by atoms with E-state index in [4.69, 9.17) is 33.7 Å². The largest absolute Gasteiger partial charge is 0.489 e. The van der Waals surface area contributed by atoms with Crippen molar-refractivity contribution in [2.45, 2.75) is 13.5 Å². The molecule has 0 amide bonds. The molecule has 0 saturated carbocycles. The molecule has 0 radical (unpaired) electrons. The third kappa shape index (κ3) is 4.15. The van der Waals surface area contributed by atoms with Crippen LogP contribution in [0.2, 0.25) is 10.0 Å². The highest BCUT2D eigenvalue weighted by Crippen LogP contribution is 2.27. The summed E-state index contributed by atoms with van der Waals surface area (Å²) in [5, 5.41) is 1.06. The van der Waals surface area contributed by atoms with Crippen LogP contribution in [0.3, 0.4) is 0 Å². The Bertz CT molecular complexity index is 702. The van der Waals surface area contributed by atoms with Crippen molar-refractivity contribution in [2.24, 2.45) is 5.73 Å². The number of aryl methyl sites for hydroxylation is 1. The number of benzene rings is 2. The van der Waals surface area contributed by atoms with E-state index in [1.807, 2.05) is 37.3 Å². The first kappa shape index (κ1) is 15.7. The fourth-order valence-corrected chi connectivity index (χ4v) is 2.23. The zero-order chi connectivity index (χ0) is 15.2. The summed E-state index contributed by atoms with van der Waals surface area (Å²) in [4.78, 5) is 0. The van der Waals surface area contributed by atoms with Gasteiger partial charge in [-0.2, -0.15) is 0 Å². The van der Waals surface area contributed by atoms with Crippen molar-refractivity contribution in [3.8, 4) is 17.6 Å². The summed E-state index contributed by atoms with van der Waals surface area (Å²) in [5.74, 6) is 6.62. The predicted octanol–water partition coefficient (Wildman–Crippen LogP) is 4.19. The lowest BCUT2D eigenvalue weighted by Gasteiger charge is -2.11. The highest BCUT2D eigenvalue weighted by molar-refractivity contribution is 6.42. The van der Waals surface area contributed by atoms with Gasteiger partial charge in [0.05, 0.1) is 16.6 Å². The number of halogens is 2. The van der Waals surface area contributed by atoms with Crippen LogP contribution in [0.25, 0.3) is 0 Å². The molecule has 0 fully saturated rings. The summed E-state index contributed by atoms with van der Waals surface area (Å²) in [5.41, 5.74) is 8.15. The molecule has 2 N–H and O–H groups in total. The molecular formula is C17H15Cl2NO. The van der Waals surface area contributed by atoms with Crippen molar-refractivity contribution in [3.05, 3.63) is 63.1 Å². The molecule has 0 aliphatic heterocycles. The first-order chi connectivity index (χ1) is 10.1. The Balaban J connectivity index is 2.12. The molecule has 0 atom stereocenters. The Morgan fingerprint density at radius 1 is 1.19 bits per heavy atom. The second kappa shape index (κ2) is 7.38. The maximum absolute atomic E-state index is 6.14. The van der Waals surface area contributed by atoms with Gasteiger partial charge in [0.15, 0.2) is 0 Å². The van der Waals surface area contributed by atoms with Crippen LogP contribution in [0.5, 0.6) is 5.75 Å². The first-order valence-corrected chi connectivity index (χ1v) is 7.22. The number of hydrogen-bond donors (Lipinski definition) is 1. The summed E-state index contributed by atoms with van der Waals surface area (Å²) in [7, 11) is 0. The fourth-order valence-electron chi connectivity index (χ4n) is 1.86. The average Bonchev–Trinajstić information content (AvgIpc) is 2.48. The molecule has 0 saturated heterocycles. The van der Waals surface area contributed by atoms with E-state index in [1.165, 1.54) is 0 Å². The third-order valence-electron chi connectivity index (χ3n) is 2.92. The zero-order valence-corrected chi connectivity index (χ0v) is 13.1. The van der Waals surface area contributed by atoms with Crippen molar-refractivity contribution in [3.63, 3.8) is 0 Å². The van der Waals surface area contributed by atoms with Crippen molar-refractivity contribution < 1.29 is 4.74 Å². The fraction of sp³-hybridized carbons (Fsp3) is 0.176. The lowest BCUT2D eigenvalue weighted by atomic mass is 10.1. The van der Waals surface area contributed by atoms with Crippen LogP contribution in [0.1, 0.15) is 16.7 Å². The average molecular weight is 320 g/mol. The lowest BCUT2D eigenvalue weighted by Crippen LogP contribution is -1.98. The van der Waals surface area contributed by atoms with Gasteiger partial charge in [-0.3, -0.25) is 0 Å². The van der Waals surface area contributed by atoms with Crippen LogP contribution in [0, 0.1) is 18.8 Å². The summed E-state index contributed by atoms with van der Waals surface area (Å²) < 4.78 is 5.80. The van der Waals surface area contributed by atoms with Gasteiger partial charge < -0.3 is 10.5 Å². The molecule has 0 bridgehead atoms. The van der Waals surface area contributed by atoms with Crippen molar-refractivity contribution in [2.75, 3.05) is 6.54 Å². The number of rotatable bonds is 3. The molecule has 0 heterocycles. The Morgan fingerprint density at radius 2 is 2.00 bits per heavy atom. The molecule has 0 aliphatic carbocycles. The Labute approximate surface area is 134 Å². The molecule has 0 aliphatic rings. The SMILES string of the molecule is Cc1cc(C#CCN)ccc1OCc1cccc(Cl)c1Cl. The highest BCUT2D eigenvalue weighted by Gasteiger charge is 2.06. The summed E-state index contributed by atoms with van der Waals surface area (Å²) in [6.45, 7) is 2.70. The van der Waals surface area contributed by atoms with Gasteiger partial charge in [0, 0.05) is 11.1 Å². The molecule has 4 heteroatoms. The molecule has 2 aromatic carbocycles. The maximum atomic E-state index is 6.14. The summed E-state index contributed by atoms with van der Waals surface area (Å²) >= 11 is 12.1. The Morgan fingerprint density at radius 3 is 2.71 bits per heavy atom. The minimum atomic E-state index is 0.352. The van der Waals surface area contributed by atoms with Gasteiger partial charge in [-0.25, -0.2) is 0 Å². The topological polar surface area (TPSA) is 35.2 Å². The van der Waals surface area contributed by atoms with Gasteiger partial charge in [-0.1, -0.05) is 47.2 Å². The van der Waals surface area contributed by atoms with Gasteiger partial charge in [0.2, 0.25) is 0 Å². The predicted molar refractivity (Wildman–Crippen MR) is 87.9 cm³/mol.